The molecule has 0 aromatic heterocycles. The third-order valence-electron chi connectivity index (χ3n) is 4.69. The second-order valence-electron chi connectivity index (χ2n) is 6.86. The predicted octanol–water partition coefficient (Wildman–Crippen LogP) is 2.67. The molecule has 0 fully saturated rings. The number of amides is 2. The molecule has 0 aliphatic carbocycles. The summed E-state index contributed by atoms with van der Waals surface area (Å²) in [6, 6.07) is 8.89. The molecule has 0 saturated heterocycles. The fourth-order valence-corrected chi connectivity index (χ4v) is 3.41. The zero-order valence-corrected chi connectivity index (χ0v) is 15.8. The van der Waals surface area contributed by atoms with Crippen LogP contribution in [-0.2, 0) is 17.8 Å². The molecule has 2 N–H and O–H groups in total. The molecule has 4 rings (SSSR count). The minimum absolute atomic E-state index is 0.0161. The van der Waals surface area contributed by atoms with Gasteiger partial charge in [0.25, 0.3) is 11.8 Å². The topological polar surface area (TPSA) is 85.9 Å². The Labute approximate surface area is 163 Å². The van der Waals surface area contributed by atoms with Crippen LogP contribution in [0.3, 0.4) is 0 Å². The van der Waals surface area contributed by atoms with Crippen LogP contribution in [0.2, 0.25) is 0 Å². The van der Waals surface area contributed by atoms with Gasteiger partial charge in [0.2, 0.25) is 0 Å². The van der Waals surface area contributed by atoms with Crippen molar-refractivity contribution in [3.8, 4) is 17.2 Å². The number of benzene rings is 2. The van der Waals surface area contributed by atoms with Gasteiger partial charge in [0, 0.05) is 29.7 Å². The van der Waals surface area contributed by atoms with Crippen LogP contribution in [0.5, 0.6) is 17.2 Å². The Morgan fingerprint density at radius 3 is 2.96 bits per heavy atom. The first-order valence-corrected chi connectivity index (χ1v) is 9.33. The SMILES string of the molecule is CCOc1cc2c(cc1CNC(=O)c1ccc3c(c1)NC(=O)CO3)O[C@H](C)C2. The van der Waals surface area contributed by atoms with Gasteiger partial charge < -0.3 is 24.8 Å². The number of anilines is 1. The third-order valence-corrected chi connectivity index (χ3v) is 4.69. The molecule has 2 amide bonds. The molecule has 1 atom stereocenters. The van der Waals surface area contributed by atoms with Crippen LogP contribution < -0.4 is 24.8 Å². The number of carbonyl (C=O) groups is 2. The van der Waals surface area contributed by atoms with Crippen molar-refractivity contribution in [1.29, 1.82) is 0 Å². The third kappa shape index (κ3) is 3.60. The van der Waals surface area contributed by atoms with E-state index in [0.29, 0.717) is 30.2 Å². The zero-order valence-electron chi connectivity index (χ0n) is 15.8. The van der Waals surface area contributed by atoms with Crippen LogP contribution in [0.25, 0.3) is 0 Å². The van der Waals surface area contributed by atoms with Crippen molar-refractivity contribution < 1.29 is 23.8 Å². The van der Waals surface area contributed by atoms with E-state index in [-0.39, 0.29) is 24.5 Å². The maximum absolute atomic E-state index is 12.6. The molecule has 7 nitrogen and oxygen atoms in total. The minimum atomic E-state index is -0.250. The van der Waals surface area contributed by atoms with Gasteiger partial charge in [-0.3, -0.25) is 9.59 Å². The summed E-state index contributed by atoms with van der Waals surface area (Å²) in [7, 11) is 0. The normalized spacial score (nSPS) is 16.9. The van der Waals surface area contributed by atoms with Crippen LogP contribution in [-0.4, -0.2) is 31.1 Å². The van der Waals surface area contributed by atoms with E-state index in [1.807, 2.05) is 26.0 Å². The molecule has 2 aromatic carbocycles. The fourth-order valence-electron chi connectivity index (χ4n) is 3.41. The Kier molecular flexibility index (Phi) is 4.81. The van der Waals surface area contributed by atoms with Gasteiger partial charge in [0.15, 0.2) is 6.61 Å². The molecular weight excluding hydrogens is 360 g/mol. The number of carbonyl (C=O) groups excluding carboxylic acids is 2. The molecule has 2 aliphatic heterocycles. The Balaban J connectivity index is 1.50. The summed E-state index contributed by atoms with van der Waals surface area (Å²) in [5, 5.41) is 5.61. The average molecular weight is 382 g/mol. The van der Waals surface area contributed by atoms with E-state index in [2.05, 4.69) is 10.6 Å². The monoisotopic (exact) mass is 382 g/mol. The van der Waals surface area contributed by atoms with Gasteiger partial charge in [-0.25, -0.2) is 0 Å². The van der Waals surface area contributed by atoms with Gasteiger partial charge in [-0.2, -0.15) is 0 Å². The molecule has 7 heteroatoms. The Hall–Kier alpha value is -3.22. The largest absolute Gasteiger partial charge is 0.494 e. The van der Waals surface area contributed by atoms with Crippen molar-refractivity contribution in [2.45, 2.75) is 32.9 Å². The van der Waals surface area contributed by atoms with Crippen LogP contribution >= 0.6 is 0 Å². The average Bonchev–Trinajstić information content (AvgIpc) is 3.04. The molecule has 2 heterocycles. The molecular formula is C21H22N2O5. The lowest BCUT2D eigenvalue weighted by atomic mass is 10.1. The highest BCUT2D eigenvalue weighted by molar-refractivity contribution is 5.99. The highest BCUT2D eigenvalue weighted by atomic mass is 16.5. The first-order valence-electron chi connectivity index (χ1n) is 9.33. The van der Waals surface area contributed by atoms with Crippen molar-refractivity contribution in [2.24, 2.45) is 0 Å². The summed E-state index contributed by atoms with van der Waals surface area (Å²) in [6.07, 6.45) is 0.993. The van der Waals surface area contributed by atoms with Gasteiger partial charge in [-0.05, 0) is 44.2 Å². The van der Waals surface area contributed by atoms with E-state index in [1.165, 1.54) is 0 Å². The summed E-state index contributed by atoms with van der Waals surface area (Å²) >= 11 is 0. The number of fused-ring (bicyclic) bond motifs is 2. The Morgan fingerprint density at radius 1 is 1.29 bits per heavy atom. The highest BCUT2D eigenvalue weighted by Gasteiger charge is 2.22. The van der Waals surface area contributed by atoms with E-state index < -0.39 is 0 Å². The molecule has 0 spiro atoms. The predicted molar refractivity (Wildman–Crippen MR) is 103 cm³/mol. The van der Waals surface area contributed by atoms with Crippen LogP contribution in [0.15, 0.2) is 30.3 Å². The zero-order chi connectivity index (χ0) is 19.7. The van der Waals surface area contributed by atoms with Gasteiger partial charge in [-0.15, -0.1) is 0 Å². The number of nitrogens with one attached hydrogen (secondary N) is 2. The maximum atomic E-state index is 12.6. The molecule has 0 unspecified atom stereocenters. The number of hydrogen-bond acceptors (Lipinski definition) is 5. The van der Waals surface area contributed by atoms with Gasteiger partial charge >= 0.3 is 0 Å². The summed E-state index contributed by atoms with van der Waals surface area (Å²) in [5.74, 6) is 1.66. The molecule has 0 bridgehead atoms. The highest BCUT2D eigenvalue weighted by Crippen LogP contribution is 2.35. The molecule has 2 aliphatic rings. The Morgan fingerprint density at radius 2 is 2.14 bits per heavy atom. The summed E-state index contributed by atoms with van der Waals surface area (Å²) in [5.41, 5.74) is 2.92. The van der Waals surface area contributed by atoms with Crippen molar-refractivity contribution in [1.82, 2.24) is 5.32 Å². The second kappa shape index (κ2) is 7.42. The number of rotatable bonds is 5. The first-order chi connectivity index (χ1) is 13.5. The lowest BCUT2D eigenvalue weighted by molar-refractivity contribution is -0.118. The number of ether oxygens (including phenoxy) is 3. The van der Waals surface area contributed by atoms with E-state index in [4.69, 9.17) is 14.2 Å². The van der Waals surface area contributed by atoms with Crippen molar-refractivity contribution in [3.05, 3.63) is 47.0 Å². The lowest BCUT2D eigenvalue weighted by Crippen LogP contribution is -2.27. The van der Waals surface area contributed by atoms with Gasteiger partial charge in [0.1, 0.15) is 23.4 Å². The number of hydrogen-bond donors (Lipinski definition) is 2. The van der Waals surface area contributed by atoms with E-state index in [1.54, 1.807) is 18.2 Å². The molecule has 0 radical (unpaired) electrons. The van der Waals surface area contributed by atoms with Crippen molar-refractivity contribution >= 4 is 17.5 Å². The lowest BCUT2D eigenvalue weighted by Gasteiger charge is -2.18. The quantitative estimate of drug-likeness (QED) is 0.830. The smallest absolute Gasteiger partial charge is 0.262 e. The van der Waals surface area contributed by atoms with Crippen LogP contribution in [0.4, 0.5) is 5.69 Å². The molecule has 146 valence electrons. The van der Waals surface area contributed by atoms with Gasteiger partial charge in [-0.1, -0.05) is 0 Å². The van der Waals surface area contributed by atoms with Crippen molar-refractivity contribution in [2.75, 3.05) is 18.5 Å². The minimum Gasteiger partial charge on any atom is -0.494 e. The van der Waals surface area contributed by atoms with E-state index in [0.717, 1.165) is 29.0 Å². The van der Waals surface area contributed by atoms with Crippen LogP contribution in [0, 0.1) is 0 Å². The standard InChI is InChI=1S/C21H22N2O5/c1-3-26-18-8-14-6-12(2)28-19(14)9-15(18)10-22-21(25)13-4-5-17-16(7-13)23-20(24)11-27-17/h4-5,7-9,12H,3,6,10-11H2,1-2H3,(H,22,25)(H,23,24)/t12-/m1/s1. The van der Waals surface area contributed by atoms with Gasteiger partial charge in [0.05, 0.1) is 12.3 Å². The molecule has 0 saturated carbocycles. The van der Waals surface area contributed by atoms with E-state index >= 15 is 0 Å². The van der Waals surface area contributed by atoms with Crippen molar-refractivity contribution in [3.63, 3.8) is 0 Å². The Bertz CT molecular complexity index is 941. The maximum Gasteiger partial charge on any atom is 0.262 e. The first kappa shape index (κ1) is 18.2. The molecule has 28 heavy (non-hydrogen) atoms. The second-order valence-corrected chi connectivity index (χ2v) is 6.86. The fraction of sp³-hybridized carbons (Fsp3) is 0.333. The van der Waals surface area contributed by atoms with Crippen LogP contribution in [0.1, 0.15) is 35.3 Å². The summed E-state index contributed by atoms with van der Waals surface area (Å²) in [4.78, 5) is 24.1. The van der Waals surface area contributed by atoms with E-state index in [9.17, 15) is 9.59 Å². The molecule has 2 aromatic rings. The summed E-state index contributed by atoms with van der Waals surface area (Å²) in [6.45, 7) is 4.79. The summed E-state index contributed by atoms with van der Waals surface area (Å²) < 4.78 is 16.9.